The molecule has 9 heteroatoms. The van der Waals surface area contributed by atoms with Gasteiger partial charge in [-0.05, 0) is 0 Å². The second kappa shape index (κ2) is 5.08. The zero-order chi connectivity index (χ0) is 13.0. The average molecular weight is 250 g/mol. The first-order valence-electron chi connectivity index (χ1n) is 5.06. The van der Waals surface area contributed by atoms with E-state index in [4.69, 9.17) is 5.11 Å². The van der Waals surface area contributed by atoms with Gasteiger partial charge in [0.2, 0.25) is 0 Å². The fourth-order valence-corrected chi connectivity index (χ4v) is 1.29. The van der Waals surface area contributed by atoms with Gasteiger partial charge in [-0.3, -0.25) is 4.79 Å². The summed E-state index contributed by atoms with van der Waals surface area (Å²) in [4.78, 5) is 25.7. The van der Waals surface area contributed by atoms with Crippen LogP contribution in [0.25, 0.3) is 0 Å². The predicted molar refractivity (Wildman–Crippen MR) is 57.9 cm³/mol. The second-order valence-electron chi connectivity index (χ2n) is 3.41. The molecule has 0 bridgehead atoms. The molecular formula is C9H10N6O3. The van der Waals surface area contributed by atoms with Crippen LogP contribution in [-0.4, -0.2) is 48.5 Å². The van der Waals surface area contributed by atoms with E-state index in [2.05, 4.69) is 25.7 Å². The summed E-state index contributed by atoms with van der Waals surface area (Å²) in [5, 5.41) is 20.8. The molecular weight excluding hydrogens is 240 g/mol. The molecule has 9 nitrogen and oxygen atoms in total. The van der Waals surface area contributed by atoms with E-state index in [-0.39, 0.29) is 17.3 Å². The van der Waals surface area contributed by atoms with Crippen molar-refractivity contribution in [2.75, 3.05) is 6.54 Å². The summed E-state index contributed by atoms with van der Waals surface area (Å²) in [7, 11) is 0. The molecule has 2 aromatic rings. The fourth-order valence-electron chi connectivity index (χ4n) is 1.29. The van der Waals surface area contributed by atoms with Crippen LogP contribution in [0.1, 0.15) is 21.0 Å². The van der Waals surface area contributed by atoms with Crippen LogP contribution in [-0.2, 0) is 6.54 Å². The van der Waals surface area contributed by atoms with E-state index in [1.165, 1.54) is 18.7 Å². The van der Waals surface area contributed by atoms with Crippen molar-refractivity contribution in [2.45, 2.75) is 6.54 Å². The van der Waals surface area contributed by atoms with Crippen molar-refractivity contribution in [3.05, 3.63) is 30.1 Å². The lowest BCUT2D eigenvalue weighted by atomic mass is 10.4. The number of rotatable bonds is 5. The number of imidazole rings is 1. The molecule has 0 aliphatic carbocycles. The molecule has 2 heterocycles. The average Bonchev–Trinajstić information content (AvgIpc) is 3.00. The summed E-state index contributed by atoms with van der Waals surface area (Å²) >= 11 is 0. The lowest BCUT2D eigenvalue weighted by Crippen LogP contribution is -2.27. The molecule has 18 heavy (non-hydrogen) atoms. The van der Waals surface area contributed by atoms with Gasteiger partial charge in [-0.2, -0.15) is 15.4 Å². The zero-order valence-corrected chi connectivity index (χ0v) is 9.20. The second-order valence-corrected chi connectivity index (χ2v) is 3.41. The number of H-pyrrole nitrogens is 1. The molecule has 0 saturated carbocycles. The molecule has 2 aromatic heterocycles. The minimum atomic E-state index is -1.08. The van der Waals surface area contributed by atoms with Crippen molar-refractivity contribution in [3.8, 4) is 0 Å². The molecule has 2 rings (SSSR count). The Kier molecular flexibility index (Phi) is 3.32. The van der Waals surface area contributed by atoms with E-state index in [0.717, 1.165) is 0 Å². The Morgan fingerprint density at radius 2 is 2.28 bits per heavy atom. The number of carboxylic acid groups (broad SMARTS) is 1. The molecule has 0 aliphatic heterocycles. The third kappa shape index (κ3) is 2.70. The summed E-state index contributed by atoms with van der Waals surface area (Å²) in [6.45, 7) is 0.755. The first kappa shape index (κ1) is 11.8. The van der Waals surface area contributed by atoms with E-state index in [0.29, 0.717) is 13.1 Å². The molecule has 0 unspecified atom stereocenters. The van der Waals surface area contributed by atoms with Crippen LogP contribution in [0.15, 0.2) is 18.7 Å². The van der Waals surface area contributed by atoms with Crippen molar-refractivity contribution in [2.24, 2.45) is 0 Å². The number of carbonyl (C=O) groups excluding carboxylic acids is 1. The smallest absolute Gasteiger partial charge is 0.356 e. The van der Waals surface area contributed by atoms with Gasteiger partial charge in [0.05, 0.1) is 12.5 Å². The molecule has 0 aliphatic rings. The summed E-state index contributed by atoms with van der Waals surface area (Å²) in [5.41, 5.74) is 0.171. The Hall–Kier alpha value is -2.71. The number of aromatic amines is 1. The van der Waals surface area contributed by atoms with Crippen LogP contribution in [0.5, 0.6) is 0 Å². The molecule has 0 aromatic carbocycles. The Labute approximate surface area is 101 Å². The van der Waals surface area contributed by atoms with Gasteiger partial charge in [0, 0.05) is 19.3 Å². The molecule has 0 fully saturated rings. The van der Waals surface area contributed by atoms with Gasteiger partial charge < -0.3 is 15.0 Å². The monoisotopic (exact) mass is 250 g/mol. The van der Waals surface area contributed by atoms with E-state index in [9.17, 15) is 9.59 Å². The normalized spacial score (nSPS) is 10.2. The van der Waals surface area contributed by atoms with E-state index in [1.807, 2.05) is 0 Å². The van der Waals surface area contributed by atoms with Gasteiger partial charge in [-0.25, -0.2) is 9.78 Å². The van der Waals surface area contributed by atoms with E-state index in [1.54, 1.807) is 4.57 Å². The first-order valence-corrected chi connectivity index (χ1v) is 5.06. The minimum absolute atomic E-state index is 0.0298. The number of hydrogen-bond acceptors (Lipinski definition) is 5. The fraction of sp³-hybridized carbons (Fsp3) is 0.222. The Morgan fingerprint density at radius 1 is 1.44 bits per heavy atom. The maximum absolute atomic E-state index is 11.5. The molecule has 0 spiro atoms. The molecule has 1 amide bonds. The SMILES string of the molecule is O=C(O)c1cn(CCNC(=O)c2cn[nH]n2)cn1. The highest BCUT2D eigenvalue weighted by Gasteiger charge is 2.08. The predicted octanol–water partition coefficient (Wildman–Crippen LogP) is -0.871. The highest BCUT2D eigenvalue weighted by Crippen LogP contribution is 1.95. The third-order valence-corrected chi connectivity index (χ3v) is 2.16. The topological polar surface area (TPSA) is 126 Å². The summed E-state index contributed by atoms with van der Waals surface area (Å²) in [6, 6.07) is 0. The van der Waals surface area contributed by atoms with E-state index >= 15 is 0 Å². The summed E-state index contributed by atoms with van der Waals surface area (Å²) in [6.07, 6.45) is 4.10. The maximum atomic E-state index is 11.5. The van der Waals surface area contributed by atoms with Crippen LogP contribution < -0.4 is 5.32 Å². The van der Waals surface area contributed by atoms with Crippen molar-refractivity contribution in [1.82, 2.24) is 30.3 Å². The third-order valence-electron chi connectivity index (χ3n) is 2.16. The number of aromatic nitrogens is 5. The van der Waals surface area contributed by atoms with Crippen molar-refractivity contribution >= 4 is 11.9 Å². The lowest BCUT2D eigenvalue weighted by molar-refractivity contribution is 0.0690. The minimum Gasteiger partial charge on any atom is -0.476 e. The van der Waals surface area contributed by atoms with Crippen LogP contribution in [0.4, 0.5) is 0 Å². The number of carboxylic acids is 1. The van der Waals surface area contributed by atoms with Crippen LogP contribution in [0.2, 0.25) is 0 Å². The Balaban J connectivity index is 1.81. The Morgan fingerprint density at radius 3 is 2.89 bits per heavy atom. The summed E-state index contributed by atoms with van der Waals surface area (Å²) in [5.74, 6) is -1.43. The zero-order valence-electron chi connectivity index (χ0n) is 9.20. The molecule has 0 saturated heterocycles. The Bertz CT molecular complexity index is 546. The number of nitrogens with one attached hydrogen (secondary N) is 2. The molecule has 94 valence electrons. The molecule has 3 N–H and O–H groups in total. The number of amides is 1. The number of carbonyl (C=O) groups is 2. The van der Waals surface area contributed by atoms with Crippen LogP contribution >= 0.6 is 0 Å². The largest absolute Gasteiger partial charge is 0.476 e. The first-order chi connectivity index (χ1) is 8.66. The van der Waals surface area contributed by atoms with E-state index < -0.39 is 5.97 Å². The number of hydrogen-bond donors (Lipinski definition) is 3. The molecule has 0 radical (unpaired) electrons. The summed E-state index contributed by atoms with van der Waals surface area (Å²) < 4.78 is 1.58. The highest BCUT2D eigenvalue weighted by molar-refractivity contribution is 5.91. The van der Waals surface area contributed by atoms with Gasteiger partial charge >= 0.3 is 5.97 Å². The standard InChI is InChI=1S/C9H10N6O3/c16-8(6-3-12-14-13-6)10-1-2-15-4-7(9(17)18)11-5-15/h3-5H,1-2H2,(H,10,16)(H,17,18)(H,12,13,14). The van der Waals surface area contributed by atoms with Crippen LogP contribution in [0, 0.1) is 0 Å². The van der Waals surface area contributed by atoms with Gasteiger partial charge in [0.15, 0.2) is 11.4 Å². The quantitative estimate of drug-likeness (QED) is 0.633. The van der Waals surface area contributed by atoms with Crippen molar-refractivity contribution < 1.29 is 14.7 Å². The van der Waals surface area contributed by atoms with Gasteiger partial charge in [-0.1, -0.05) is 0 Å². The highest BCUT2D eigenvalue weighted by atomic mass is 16.4. The molecule has 0 atom stereocenters. The maximum Gasteiger partial charge on any atom is 0.356 e. The van der Waals surface area contributed by atoms with Crippen LogP contribution in [0.3, 0.4) is 0 Å². The lowest BCUT2D eigenvalue weighted by Gasteiger charge is -2.03. The van der Waals surface area contributed by atoms with Gasteiger partial charge in [0.25, 0.3) is 5.91 Å². The van der Waals surface area contributed by atoms with Gasteiger partial charge in [0.1, 0.15) is 0 Å². The number of nitrogens with zero attached hydrogens (tertiary/aromatic N) is 4. The number of aromatic carboxylic acids is 1. The van der Waals surface area contributed by atoms with Gasteiger partial charge in [-0.15, -0.1) is 0 Å². The van der Waals surface area contributed by atoms with Crippen molar-refractivity contribution in [1.29, 1.82) is 0 Å². The van der Waals surface area contributed by atoms with Crippen molar-refractivity contribution in [3.63, 3.8) is 0 Å².